The number of nitrogens with zero attached hydrogens (tertiary/aromatic N) is 3. The molecule has 2 heterocycles. The number of aliphatic carboxylic acids is 1. The molecule has 0 amide bonds. The molecule has 1 aromatic carbocycles. The van der Waals surface area contributed by atoms with E-state index in [1.54, 1.807) is 0 Å². The molecule has 0 aliphatic carbocycles. The quantitative estimate of drug-likeness (QED) is 0.678. The summed E-state index contributed by atoms with van der Waals surface area (Å²) in [6, 6.07) is 2.34. The maximum atomic E-state index is 13.5. The van der Waals surface area contributed by atoms with Crippen molar-refractivity contribution >= 4 is 17.4 Å². The number of benzene rings is 1. The number of fused-ring (bicyclic) bond motifs is 1. The van der Waals surface area contributed by atoms with Crippen molar-refractivity contribution in [1.82, 2.24) is 14.6 Å². The van der Waals surface area contributed by atoms with Gasteiger partial charge in [-0.3, -0.25) is 9.59 Å². The van der Waals surface area contributed by atoms with Crippen molar-refractivity contribution in [3.05, 3.63) is 57.4 Å². The number of aliphatic hydroxyl groups excluding tert-OH is 1. The van der Waals surface area contributed by atoms with E-state index in [-0.39, 0.29) is 28.5 Å². The fourth-order valence-electron chi connectivity index (χ4n) is 2.49. The average molecular weight is 365 g/mol. The zero-order chi connectivity index (χ0) is 19.0. The molecule has 7 nitrogen and oxygen atoms in total. The first-order valence-electron chi connectivity index (χ1n) is 7.25. The van der Waals surface area contributed by atoms with Crippen LogP contribution in [0.25, 0.3) is 22.7 Å². The standard InChI is InChI=1S/C16H10F3N3O4/c17-8-3-7(4-9(18)15(8)19)10-5-12(24)14(11(23)1-2-13(25)26)16-20-6-21-22(10)16/h3-6,23H,1-2H2,(H,25,26). The fourth-order valence-corrected chi connectivity index (χ4v) is 2.49. The zero-order valence-corrected chi connectivity index (χ0v) is 12.9. The van der Waals surface area contributed by atoms with Crippen LogP contribution >= 0.6 is 0 Å². The van der Waals surface area contributed by atoms with Crippen molar-refractivity contribution in [2.45, 2.75) is 12.8 Å². The monoisotopic (exact) mass is 365 g/mol. The molecule has 0 unspecified atom stereocenters. The van der Waals surface area contributed by atoms with E-state index in [2.05, 4.69) is 10.1 Å². The Balaban J connectivity index is 2.28. The van der Waals surface area contributed by atoms with Gasteiger partial charge in [0.15, 0.2) is 28.5 Å². The molecule has 0 bridgehead atoms. The molecule has 2 N–H and O–H groups in total. The molecule has 0 aliphatic heterocycles. The van der Waals surface area contributed by atoms with Gasteiger partial charge < -0.3 is 10.2 Å². The molecular formula is C16H10F3N3O4. The lowest BCUT2D eigenvalue weighted by atomic mass is 10.1. The molecule has 2 aromatic heterocycles. The minimum absolute atomic E-state index is 0.0740. The topological polar surface area (TPSA) is 105 Å². The summed E-state index contributed by atoms with van der Waals surface area (Å²) in [4.78, 5) is 26.8. The van der Waals surface area contributed by atoms with Crippen LogP contribution in [-0.2, 0) is 4.79 Å². The normalized spacial score (nSPS) is 12.4. The van der Waals surface area contributed by atoms with Crippen LogP contribution in [0.1, 0.15) is 12.8 Å². The first kappa shape index (κ1) is 17.4. The van der Waals surface area contributed by atoms with Gasteiger partial charge in [0.25, 0.3) is 0 Å². The molecule has 3 rings (SSSR count). The fraction of sp³-hybridized carbons (Fsp3) is 0.125. The van der Waals surface area contributed by atoms with Gasteiger partial charge in [-0.1, -0.05) is 0 Å². The van der Waals surface area contributed by atoms with Crippen LogP contribution in [0.3, 0.4) is 0 Å². The molecule has 134 valence electrons. The molecule has 0 saturated heterocycles. The van der Waals surface area contributed by atoms with Gasteiger partial charge in [-0.25, -0.2) is 22.7 Å². The molecule has 0 atom stereocenters. The second-order valence-corrected chi connectivity index (χ2v) is 5.36. The Kier molecular flexibility index (Phi) is 4.33. The lowest BCUT2D eigenvalue weighted by Gasteiger charge is -2.07. The number of carboxylic acid groups (broad SMARTS) is 1. The van der Waals surface area contributed by atoms with E-state index in [1.165, 1.54) is 0 Å². The number of carboxylic acids is 1. The lowest BCUT2D eigenvalue weighted by Crippen LogP contribution is -2.30. The van der Waals surface area contributed by atoms with E-state index in [0.717, 1.165) is 16.9 Å². The maximum absolute atomic E-state index is 13.5. The highest BCUT2D eigenvalue weighted by molar-refractivity contribution is 5.69. The second kappa shape index (κ2) is 6.47. The average Bonchev–Trinajstić information content (AvgIpc) is 3.05. The van der Waals surface area contributed by atoms with E-state index >= 15 is 0 Å². The van der Waals surface area contributed by atoms with Crippen LogP contribution in [0.15, 0.2) is 29.3 Å². The Morgan fingerprint density at radius 1 is 1.08 bits per heavy atom. The Bertz CT molecular complexity index is 1120. The number of aliphatic hydroxyl groups is 1. The van der Waals surface area contributed by atoms with Crippen LogP contribution in [0.2, 0.25) is 0 Å². The highest BCUT2D eigenvalue weighted by Gasteiger charge is 2.17. The molecule has 0 spiro atoms. The summed E-state index contributed by atoms with van der Waals surface area (Å²) in [5.41, 5.74) is -1.12. The minimum Gasteiger partial charge on any atom is -0.511 e. The molecule has 0 fully saturated rings. The van der Waals surface area contributed by atoms with E-state index in [0.29, 0.717) is 12.1 Å². The van der Waals surface area contributed by atoms with Gasteiger partial charge in [0.1, 0.15) is 17.3 Å². The number of aromatic nitrogens is 3. The summed E-state index contributed by atoms with van der Waals surface area (Å²) in [5.74, 6) is -6.21. The zero-order valence-electron chi connectivity index (χ0n) is 12.9. The van der Waals surface area contributed by atoms with Crippen molar-refractivity contribution in [3.8, 4) is 11.3 Å². The second-order valence-electron chi connectivity index (χ2n) is 5.36. The van der Waals surface area contributed by atoms with E-state index < -0.39 is 41.0 Å². The number of carbonyl (C=O) groups is 1. The maximum Gasteiger partial charge on any atom is 0.303 e. The Morgan fingerprint density at radius 3 is 2.35 bits per heavy atom. The van der Waals surface area contributed by atoms with E-state index in [9.17, 15) is 27.9 Å². The van der Waals surface area contributed by atoms with Gasteiger partial charge in [-0.15, -0.1) is 0 Å². The number of hydrogen-bond donors (Lipinski definition) is 2. The van der Waals surface area contributed by atoms with Gasteiger partial charge in [0.05, 0.1) is 12.1 Å². The predicted molar refractivity (Wildman–Crippen MR) is 82.7 cm³/mol. The summed E-state index contributed by atoms with van der Waals surface area (Å²) in [5, 5.41) is 22.3. The molecular weight excluding hydrogens is 355 g/mol. The predicted octanol–water partition coefficient (Wildman–Crippen LogP) is 1.42. The molecule has 0 saturated carbocycles. The Hall–Kier alpha value is -3.43. The number of rotatable bonds is 4. The lowest BCUT2D eigenvalue weighted by molar-refractivity contribution is -0.136. The van der Waals surface area contributed by atoms with Gasteiger partial charge in [0.2, 0.25) is 0 Å². The third-order valence-corrected chi connectivity index (χ3v) is 3.66. The van der Waals surface area contributed by atoms with Crippen molar-refractivity contribution in [1.29, 1.82) is 0 Å². The number of halogens is 3. The number of pyridine rings is 1. The summed E-state index contributed by atoms with van der Waals surface area (Å²) < 4.78 is 41.2. The van der Waals surface area contributed by atoms with Crippen molar-refractivity contribution < 1.29 is 28.2 Å². The summed E-state index contributed by atoms with van der Waals surface area (Å²) >= 11 is 0. The highest BCUT2D eigenvalue weighted by Crippen LogP contribution is 2.22. The minimum atomic E-state index is -1.65. The van der Waals surface area contributed by atoms with Crippen molar-refractivity contribution in [2.24, 2.45) is 0 Å². The smallest absolute Gasteiger partial charge is 0.303 e. The van der Waals surface area contributed by atoms with E-state index in [1.807, 2.05) is 0 Å². The molecule has 10 heteroatoms. The molecule has 26 heavy (non-hydrogen) atoms. The van der Waals surface area contributed by atoms with Crippen LogP contribution in [0, 0.1) is 17.5 Å². The van der Waals surface area contributed by atoms with Crippen LogP contribution in [0.5, 0.6) is 0 Å². The molecule has 3 aromatic rings. The van der Waals surface area contributed by atoms with Gasteiger partial charge in [-0.2, -0.15) is 5.10 Å². The molecule has 0 aliphatic rings. The van der Waals surface area contributed by atoms with Crippen LogP contribution in [-0.4, -0.2) is 30.8 Å². The summed E-state index contributed by atoms with van der Waals surface area (Å²) in [6.45, 7) is 0. The van der Waals surface area contributed by atoms with Gasteiger partial charge >= 0.3 is 5.97 Å². The van der Waals surface area contributed by atoms with Gasteiger partial charge in [0, 0.05) is 18.1 Å². The third-order valence-electron chi connectivity index (χ3n) is 3.66. The Morgan fingerprint density at radius 2 is 1.73 bits per heavy atom. The third kappa shape index (κ3) is 2.96. The van der Waals surface area contributed by atoms with Crippen LogP contribution < -0.4 is 10.6 Å². The SMILES string of the molecule is O=C(O)CCC(O)=c1c(=O)cc(-c2cc(F)c(F)c(F)c2)n2ncnc12. The first-order chi connectivity index (χ1) is 12.3. The largest absolute Gasteiger partial charge is 0.511 e. The van der Waals surface area contributed by atoms with Crippen molar-refractivity contribution in [2.75, 3.05) is 0 Å². The van der Waals surface area contributed by atoms with Crippen LogP contribution in [0.4, 0.5) is 13.2 Å². The number of hydrogen-bond acceptors (Lipinski definition) is 5. The Labute approximate surface area is 142 Å². The first-order valence-corrected chi connectivity index (χ1v) is 7.25. The highest BCUT2D eigenvalue weighted by atomic mass is 19.2. The molecule has 0 radical (unpaired) electrons. The van der Waals surface area contributed by atoms with Gasteiger partial charge in [-0.05, 0) is 12.1 Å². The van der Waals surface area contributed by atoms with Crippen molar-refractivity contribution in [3.63, 3.8) is 0 Å². The summed E-state index contributed by atoms with van der Waals surface area (Å²) in [7, 11) is 0. The van der Waals surface area contributed by atoms with E-state index in [4.69, 9.17) is 5.11 Å². The summed E-state index contributed by atoms with van der Waals surface area (Å²) in [6.07, 6.45) is 0.316.